The summed E-state index contributed by atoms with van der Waals surface area (Å²) in [6.45, 7) is 4.43. The van der Waals surface area contributed by atoms with E-state index in [4.69, 9.17) is 10.5 Å². The molecule has 0 aromatic rings. The first-order chi connectivity index (χ1) is 9.56. The number of nitrogens with zero attached hydrogens (tertiary/aromatic N) is 2. The van der Waals surface area contributed by atoms with E-state index in [0.717, 1.165) is 39.0 Å². The van der Waals surface area contributed by atoms with Gasteiger partial charge in [-0.1, -0.05) is 0 Å². The maximum absolute atomic E-state index is 13.0. The smallest absolute Gasteiger partial charge is 0.237 e. The number of nitrogens with two attached hydrogens (primary N) is 1. The Labute approximate surface area is 123 Å². The van der Waals surface area contributed by atoms with Crippen molar-refractivity contribution in [2.45, 2.75) is 30.4 Å². The average molecular weight is 303 g/mol. The summed E-state index contributed by atoms with van der Waals surface area (Å²) in [4.78, 5) is 14.2. The minimum atomic E-state index is -1.37. The van der Waals surface area contributed by atoms with Gasteiger partial charge in [-0.2, -0.15) is 0 Å². The Hall–Kier alpha value is -0.500. The van der Waals surface area contributed by atoms with Crippen LogP contribution < -0.4 is 5.73 Å². The minimum Gasteiger partial charge on any atom is -0.381 e. The molecular formula is C13H25N3O3S. The highest BCUT2D eigenvalue weighted by atomic mass is 32.2. The quantitative estimate of drug-likeness (QED) is 0.777. The van der Waals surface area contributed by atoms with Crippen molar-refractivity contribution < 1.29 is 13.7 Å². The van der Waals surface area contributed by atoms with Gasteiger partial charge in [-0.05, 0) is 39.3 Å². The predicted octanol–water partition coefficient (Wildman–Crippen LogP) is -0.288. The third-order valence-electron chi connectivity index (χ3n) is 4.22. The number of carbonyl (C=O) groups is 1. The van der Waals surface area contributed by atoms with Crippen LogP contribution in [-0.4, -0.2) is 70.5 Å². The van der Waals surface area contributed by atoms with E-state index >= 15 is 0 Å². The molecule has 2 saturated heterocycles. The number of carbonyl (C=O) groups excluding carboxylic acids is 1. The highest BCUT2D eigenvalue weighted by Crippen LogP contribution is 2.30. The molecule has 2 aliphatic rings. The van der Waals surface area contributed by atoms with Crippen LogP contribution in [-0.2, 0) is 20.5 Å². The molecule has 2 unspecified atom stereocenters. The Morgan fingerprint density at radius 2 is 1.95 bits per heavy atom. The zero-order valence-corrected chi connectivity index (χ0v) is 13.0. The van der Waals surface area contributed by atoms with E-state index < -0.39 is 21.6 Å². The van der Waals surface area contributed by atoms with Gasteiger partial charge in [0.2, 0.25) is 5.91 Å². The number of ether oxygens (including phenoxy) is 1. The van der Waals surface area contributed by atoms with Gasteiger partial charge in [0.1, 0.15) is 15.7 Å². The van der Waals surface area contributed by atoms with Crippen LogP contribution in [0.1, 0.15) is 25.7 Å². The lowest BCUT2D eigenvalue weighted by Crippen LogP contribution is -2.53. The molecule has 2 N–H and O–H groups in total. The van der Waals surface area contributed by atoms with Gasteiger partial charge in [-0.25, -0.2) is 8.51 Å². The van der Waals surface area contributed by atoms with E-state index in [9.17, 15) is 9.00 Å². The summed E-state index contributed by atoms with van der Waals surface area (Å²) in [6.07, 6.45) is 2.72. The van der Waals surface area contributed by atoms with E-state index in [2.05, 4.69) is 11.9 Å². The summed E-state index contributed by atoms with van der Waals surface area (Å²) in [7, 11) is 0.699. The summed E-state index contributed by atoms with van der Waals surface area (Å²) in [5.41, 5.74) is 5.62. The van der Waals surface area contributed by atoms with E-state index in [-0.39, 0.29) is 0 Å². The predicted molar refractivity (Wildman–Crippen MR) is 78.4 cm³/mol. The van der Waals surface area contributed by atoms with Crippen molar-refractivity contribution in [2.75, 3.05) is 46.4 Å². The standard InChI is InChI=1S/C13H25N3O3S/c1-15-6-3-7-16(9-8-15)20(18)13(12(14)17)4-2-10-19-11-5-13/h2-11H2,1H3,(H2,14,17). The van der Waals surface area contributed by atoms with Gasteiger partial charge in [0.05, 0.1) is 0 Å². The molecule has 6 nitrogen and oxygen atoms in total. The molecular weight excluding hydrogens is 278 g/mol. The van der Waals surface area contributed by atoms with Gasteiger partial charge < -0.3 is 15.4 Å². The highest BCUT2D eigenvalue weighted by Gasteiger charge is 2.46. The number of primary amides is 1. The molecule has 0 spiro atoms. The van der Waals surface area contributed by atoms with Crippen molar-refractivity contribution in [3.8, 4) is 0 Å². The molecule has 20 heavy (non-hydrogen) atoms. The highest BCUT2D eigenvalue weighted by molar-refractivity contribution is 7.85. The first-order valence-corrected chi connectivity index (χ1v) is 8.40. The summed E-state index contributed by atoms with van der Waals surface area (Å²) in [6, 6.07) is 0. The van der Waals surface area contributed by atoms with Crippen molar-refractivity contribution in [1.82, 2.24) is 9.21 Å². The maximum Gasteiger partial charge on any atom is 0.237 e. The lowest BCUT2D eigenvalue weighted by molar-refractivity contribution is -0.120. The third kappa shape index (κ3) is 3.39. The maximum atomic E-state index is 13.0. The second kappa shape index (κ2) is 6.98. The Morgan fingerprint density at radius 1 is 1.15 bits per heavy atom. The molecule has 0 radical (unpaired) electrons. The van der Waals surface area contributed by atoms with Crippen LogP contribution in [0.3, 0.4) is 0 Å². The van der Waals surface area contributed by atoms with Crippen LogP contribution >= 0.6 is 0 Å². The van der Waals surface area contributed by atoms with Crippen molar-refractivity contribution >= 4 is 16.9 Å². The van der Waals surface area contributed by atoms with Gasteiger partial charge in [0, 0.05) is 32.8 Å². The molecule has 0 saturated carbocycles. The van der Waals surface area contributed by atoms with Crippen LogP contribution in [0.2, 0.25) is 0 Å². The van der Waals surface area contributed by atoms with E-state index in [1.807, 2.05) is 4.31 Å². The van der Waals surface area contributed by atoms with E-state index in [1.54, 1.807) is 0 Å². The lowest BCUT2D eigenvalue weighted by atomic mass is 9.99. The Kier molecular flexibility index (Phi) is 5.54. The Balaban J connectivity index is 2.15. The molecule has 0 aliphatic carbocycles. The minimum absolute atomic E-state index is 0.445. The average Bonchev–Trinajstić information content (AvgIpc) is 2.78. The van der Waals surface area contributed by atoms with Crippen molar-refractivity contribution in [1.29, 1.82) is 0 Å². The topological polar surface area (TPSA) is 75.9 Å². The summed E-state index contributed by atoms with van der Waals surface area (Å²) < 4.78 is 19.4. The Bertz CT molecular complexity index is 370. The molecule has 1 amide bonds. The van der Waals surface area contributed by atoms with Gasteiger partial charge in [-0.15, -0.1) is 0 Å². The van der Waals surface area contributed by atoms with Crippen LogP contribution in [0, 0.1) is 0 Å². The zero-order valence-electron chi connectivity index (χ0n) is 12.2. The molecule has 2 atom stereocenters. The number of likely N-dealkylation sites (N-methyl/N-ethyl adjacent to an activating group) is 1. The molecule has 0 aromatic heterocycles. The van der Waals surface area contributed by atoms with Crippen LogP contribution in [0.4, 0.5) is 0 Å². The summed E-state index contributed by atoms with van der Waals surface area (Å²) in [5.74, 6) is -0.445. The zero-order chi connectivity index (χ0) is 14.6. The second-order valence-corrected chi connectivity index (χ2v) is 7.46. The van der Waals surface area contributed by atoms with Gasteiger partial charge in [0.15, 0.2) is 0 Å². The number of hydrogen-bond acceptors (Lipinski definition) is 4. The van der Waals surface area contributed by atoms with Crippen LogP contribution in [0.15, 0.2) is 0 Å². The van der Waals surface area contributed by atoms with Crippen molar-refractivity contribution in [3.05, 3.63) is 0 Å². The first kappa shape index (κ1) is 15.9. The molecule has 2 heterocycles. The number of rotatable bonds is 3. The fraction of sp³-hybridized carbons (Fsp3) is 0.923. The molecule has 0 bridgehead atoms. The van der Waals surface area contributed by atoms with Gasteiger partial charge in [-0.3, -0.25) is 4.79 Å². The van der Waals surface area contributed by atoms with Crippen molar-refractivity contribution in [3.63, 3.8) is 0 Å². The van der Waals surface area contributed by atoms with Crippen molar-refractivity contribution in [2.24, 2.45) is 5.73 Å². The van der Waals surface area contributed by atoms with Crippen LogP contribution in [0.25, 0.3) is 0 Å². The number of hydrogen-bond donors (Lipinski definition) is 1. The fourth-order valence-electron chi connectivity index (χ4n) is 2.87. The summed E-state index contributed by atoms with van der Waals surface area (Å²) in [5, 5.41) is 0. The molecule has 0 aromatic carbocycles. The lowest BCUT2D eigenvalue weighted by Gasteiger charge is -2.33. The molecule has 7 heteroatoms. The van der Waals surface area contributed by atoms with E-state index in [1.165, 1.54) is 0 Å². The SMILES string of the molecule is CN1CCCN(S(=O)C2(C(N)=O)CCCOCC2)CC1. The van der Waals surface area contributed by atoms with E-state index in [0.29, 0.717) is 26.1 Å². The van der Waals surface area contributed by atoms with Gasteiger partial charge in [0.25, 0.3) is 0 Å². The first-order valence-electron chi connectivity index (χ1n) is 7.29. The second-order valence-electron chi connectivity index (χ2n) is 5.66. The largest absolute Gasteiger partial charge is 0.381 e. The fourth-order valence-corrected chi connectivity index (χ4v) is 4.65. The van der Waals surface area contributed by atoms with Gasteiger partial charge >= 0.3 is 0 Å². The normalized spacial score (nSPS) is 32.2. The Morgan fingerprint density at radius 3 is 2.70 bits per heavy atom. The van der Waals surface area contributed by atoms with Crippen LogP contribution in [0.5, 0.6) is 0 Å². The number of amides is 1. The molecule has 2 fully saturated rings. The third-order valence-corrected chi connectivity index (χ3v) is 6.33. The summed E-state index contributed by atoms with van der Waals surface area (Å²) >= 11 is 0. The molecule has 116 valence electrons. The molecule has 2 aliphatic heterocycles. The monoisotopic (exact) mass is 303 g/mol. The molecule has 2 rings (SSSR count).